The number of rotatable bonds is 2. The molecule has 22 heavy (non-hydrogen) atoms. The lowest BCUT2D eigenvalue weighted by atomic mass is 9.85. The van der Waals surface area contributed by atoms with Gasteiger partial charge in [-0.2, -0.15) is 0 Å². The van der Waals surface area contributed by atoms with Crippen LogP contribution in [0.25, 0.3) is 0 Å². The largest absolute Gasteiger partial charge is 0.355 e. The van der Waals surface area contributed by atoms with Crippen LogP contribution in [0.5, 0.6) is 0 Å². The number of anilines is 1. The van der Waals surface area contributed by atoms with Crippen molar-refractivity contribution in [3.8, 4) is 0 Å². The van der Waals surface area contributed by atoms with Gasteiger partial charge in [0, 0.05) is 12.6 Å². The van der Waals surface area contributed by atoms with E-state index in [1.807, 2.05) is 0 Å². The summed E-state index contributed by atoms with van der Waals surface area (Å²) in [6.45, 7) is 0. The number of nitrogens with one attached hydrogen (secondary N) is 1. The number of nitrogens with zero attached hydrogens (tertiary/aromatic N) is 1. The molecule has 0 aromatic heterocycles. The lowest BCUT2D eigenvalue weighted by Gasteiger charge is -2.17. The number of hydrogen-bond donors (Lipinski definition) is 1. The molecule has 1 saturated carbocycles. The number of benzene rings is 1. The Balaban J connectivity index is 1.65. The minimum atomic E-state index is -0.193. The minimum absolute atomic E-state index is 0.0976. The van der Waals surface area contributed by atoms with Crippen molar-refractivity contribution in [1.82, 2.24) is 5.32 Å². The van der Waals surface area contributed by atoms with Gasteiger partial charge in [-0.3, -0.25) is 19.3 Å². The van der Waals surface area contributed by atoms with Gasteiger partial charge in [-0.1, -0.05) is 12.2 Å². The van der Waals surface area contributed by atoms with E-state index in [0.29, 0.717) is 11.3 Å². The maximum absolute atomic E-state index is 12.7. The highest BCUT2D eigenvalue weighted by molar-refractivity contribution is 6.22. The summed E-state index contributed by atoms with van der Waals surface area (Å²) < 4.78 is 0. The van der Waals surface area contributed by atoms with E-state index in [1.165, 1.54) is 4.90 Å². The molecule has 1 saturated heterocycles. The van der Waals surface area contributed by atoms with Gasteiger partial charge >= 0.3 is 0 Å². The first-order valence-electron chi connectivity index (χ1n) is 7.50. The zero-order valence-electron chi connectivity index (χ0n) is 12.2. The molecule has 1 aliphatic heterocycles. The summed E-state index contributed by atoms with van der Waals surface area (Å²) in [5.74, 6) is -0.353. The van der Waals surface area contributed by atoms with Crippen molar-refractivity contribution >= 4 is 23.4 Å². The highest BCUT2D eigenvalue weighted by atomic mass is 16.2. The zero-order valence-corrected chi connectivity index (χ0v) is 12.2. The van der Waals surface area contributed by atoms with Crippen LogP contribution in [0.3, 0.4) is 0 Å². The van der Waals surface area contributed by atoms with Gasteiger partial charge in [0.2, 0.25) is 11.8 Å². The Morgan fingerprint density at radius 2 is 1.59 bits per heavy atom. The van der Waals surface area contributed by atoms with Gasteiger partial charge in [0.15, 0.2) is 0 Å². The molecule has 1 N–H and O–H groups in total. The average Bonchev–Trinajstić information content (AvgIpc) is 3.21. The molecule has 112 valence electrons. The normalized spacial score (nSPS) is 31.8. The molecule has 0 unspecified atom stereocenters. The molecule has 2 fully saturated rings. The van der Waals surface area contributed by atoms with Crippen molar-refractivity contribution < 1.29 is 14.4 Å². The van der Waals surface area contributed by atoms with Gasteiger partial charge < -0.3 is 5.32 Å². The van der Waals surface area contributed by atoms with Gasteiger partial charge in [-0.05, 0) is 42.5 Å². The van der Waals surface area contributed by atoms with Crippen molar-refractivity contribution in [2.24, 2.45) is 23.7 Å². The third-order valence-electron chi connectivity index (χ3n) is 5.09. The van der Waals surface area contributed by atoms with Crippen LogP contribution in [0.2, 0.25) is 0 Å². The first-order valence-corrected chi connectivity index (χ1v) is 7.50. The molecule has 3 aliphatic rings. The Morgan fingerprint density at radius 3 is 2.09 bits per heavy atom. The quantitative estimate of drug-likeness (QED) is 0.662. The summed E-state index contributed by atoms with van der Waals surface area (Å²) >= 11 is 0. The van der Waals surface area contributed by atoms with Crippen molar-refractivity contribution in [2.45, 2.75) is 6.42 Å². The van der Waals surface area contributed by atoms with Gasteiger partial charge in [-0.15, -0.1) is 0 Å². The molecule has 1 aromatic rings. The highest BCUT2D eigenvalue weighted by Crippen LogP contribution is 2.53. The highest BCUT2D eigenvalue weighted by Gasteiger charge is 2.59. The monoisotopic (exact) mass is 296 g/mol. The SMILES string of the molecule is CNC(=O)c1ccc(N2C(=O)[C@@H]3[C@@H](C2=O)[C@H]2C=C[C@@H]3C2)cc1. The summed E-state index contributed by atoms with van der Waals surface area (Å²) in [4.78, 5) is 38.2. The van der Waals surface area contributed by atoms with Crippen LogP contribution in [-0.4, -0.2) is 24.8 Å². The maximum Gasteiger partial charge on any atom is 0.251 e. The van der Waals surface area contributed by atoms with E-state index in [-0.39, 0.29) is 41.4 Å². The summed E-state index contributed by atoms with van der Waals surface area (Å²) in [6, 6.07) is 6.60. The molecular weight excluding hydrogens is 280 g/mol. The Hall–Kier alpha value is -2.43. The van der Waals surface area contributed by atoms with Crippen LogP contribution in [0, 0.1) is 23.7 Å². The van der Waals surface area contributed by atoms with Crippen molar-refractivity contribution in [2.75, 3.05) is 11.9 Å². The van der Waals surface area contributed by atoms with Crippen molar-refractivity contribution in [3.63, 3.8) is 0 Å². The van der Waals surface area contributed by atoms with E-state index in [2.05, 4.69) is 17.5 Å². The molecule has 4 atom stereocenters. The van der Waals surface area contributed by atoms with E-state index in [0.717, 1.165) is 6.42 Å². The molecule has 0 radical (unpaired) electrons. The second kappa shape index (κ2) is 4.53. The second-order valence-corrected chi connectivity index (χ2v) is 6.14. The van der Waals surface area contributed by atoms with Crippen LogP contribution in [0.1, 0.15) is 16.8 Å². The van der Waals surface area contributed by atoms with E-state index in [9.17, 15) is 14.4 Å². The number of amides is 3. The molecule has 2 bridgehead atoms. The molecule has 5 heteroatoms. The van der Waals surface area contributed by atoms with Crippen LogP contribution in [0.15, 0.2) is 36.4 Å². The van der Waals surface area contributed by atoms with Crippen molar-refractivity contribution in [3.05, 3.63) is 42.0 Å². The maximum atomic E-state index is 12.7. The fraction of sp³-hybridized carbons (Fsp3) is 0.353. The summed E-state index contributed by atoms with van der Waals surface area (Å²) in [5, 5.41) is 2.55. The Bertz CT molecular complexity index is 677. The molecule has 0 spiro atoms. The van der Waals surface area contributed by atoms with Gasteiger partial charge in [0.05, 0.1) is 17.5 Å². The molecular formula is C17H16N2O3. The first kappa shape index (κ1) is 13.2. The molecule has 5 nitrogen and oxygen atoms in total. The predicted octanol–water partition coefficient (Wildman–Crippen LogP) is 1.36. The van der Waals surface area contributed by atoms with Crippen LogP contribution in [-0.2, 0) is 9.59 Å². The lowest BCUT2D eigenvalue weighted by molar-refractivity contribution is -0.123. The number of allylic oxidation sites excluding steroid dienone is 2. The smallest absolute Gasteiger partial charge is 0.251 e. The van der Waals surface area contributed by atoms with Gasteiger partial charge in [0.1, 0.15) is 0 Å². The fourth-order valence-electron chi connectivity index (χ4n) is 4.06. The Kier molecular flexibility index (Phi) is 2.73. The van der Waals surface area contributed by atoms with Crippen LogP contribution < -0.4 is 10.2 Å². The zero-order chi connectivity index (χ0) is 15.4. The van der Waals surface area contributed by atoms with Gasteiger partial charge in [0.25, 0.3) is 5.91 Å². The third-order valence-corrected chi connectivity index (χ3v) is 5.09. The number of carbonyl (C=O) groups excluding carboxylic acids is 3. The number of fused-ring (bicyclic) bond motifs is 5. The van der Waals surface area contributed by atoms with E-state index in [4.69, 9.17) is 0 Å². The Morgan fingerprint density at radius 1 is 1.05 bits per heavy atom. The van der Waals surface area contributed by atoms with E-state index >= 15 is 0 Å². The van der Waals surface area contributed by atoms with Crippen LogP contribution in [0.4, 0.5) is 5.69 Å². The van der Waals surface area contributed by atoms with Gasteiger partial charge in [-0.25, -0.2) is 0 Å². The standard InChI is InChI=1S/C17H16N2O3/c1-18-15(20)9-4-6-12(7-5-9)19-16(21)13-10-2-3-11(8-10)14(13)17(19)22/h2-7,10-11,13-14H,8H2,1H3,(H,18,20)/t10-,11+,13-,14-/m0/s1. The Labute approximate surface area is 128 Å². The summed E-state index contributed by atoms with van der Waals surface area (Å²) in [5.41, 5.74) is 1.06. The number of imide groups is 1. The minimum Gasteiger partial charge on any atom is -0.355 e. The molecule has 3 amide bonds. The molecule has 2 aliphatic carbocycles. The van der Waals surface area contributed by atoms with Crippen molar-refractivity contribution in [1.29, 1.82) is 0 Å². The van der Waals surface area contributed by atoms with Crippen LogP contribution >= 0.6 is 0 Å². The first-order chi connectivity index (χ1) is 10.6. The van der Waals surface area contributed by atoms with E-state index < -0.39 is 0 Å². The lowest BCUT2D eigenvalue weighted by Crippen LogP contribution is -2.32. The fourth-order valence-corrected chi connectivity index (χ4v) is 4.06. The van der Waals surface area contributed by atoms with E-state index in [1.54, 1.807) is 31.3 Å². The molecule has 1 aromatic carbocycles. The number of carbonyl (C=O) groups is 3. The summed E-state index contributed by atoms with van der Waals surface area (Å²) in [6.07, 6.45) is 5.08. The summed E-state index contributed by atoms with van der Waals surface area (Å²) in [7, 11) is 1.56. The second-order valence-electron chi connectivity index (χ2n) is 6.14. The third kappa shape index (κ3) is 1.62. The molecule has 4 rings (SSSR count). The predicted molar refractivity (Wildman–Crippen MR) is 80.0 cm³/mol. The average molecular weight is 296 g/mol. The number of hydrogen-bond acceptors (Lipinski definition) is 3. The molecule has 1 heterocycles. The topological polar surface area (TPSA) is 66.5 Å².